The predicted molar refractivity (Wildman–Crippen MR) is 101 cm³/mol. The number of pyridine rings is 1. The van der Waals surface area contributed by atoms with Crippen LogP contribution in [-0.2, 0) is 9.59 Å². The normalized spacial score (nSPS) is 13.4. The first kappa shape index (κ1) is 18.1. The Hall–Kier alpha value is -4.28. The van der Waals surface area contributed by atoms with E-state index in [-0.39, 0.29) is 19.0 Å². The third-order valence-corrected chi connectivity index (χ3v) is 4.17. The van der Waals surface area contributed by atoms with Crippen LogP contribution in [0.5, 0.6) is 0 Å². The minimum absolute atomic E-state index is 0.154. The Labute approximate surface area is 163 Å². The van der Waals surface area contributed by atoms with Crippen LogP contribution < -0.4 is 16.0 Å². The zero-order valence-electron chi connectivity index (χ0n) is 15.0. The smallest absolute Gasteiger partial charge is 0.324 e. The summed E-state index contributed by atoms with van der Waals surface area (Å²) in [5.41, 5.74) is 1.86. The lowest BCUT2D eigenvalue weighted by molar-refractivity contribution is -0.119. The van der Waals surface area contributed by atoms with E-state index in [0.717, 1.165) is 4.90 Å². The molecule has 1 aromatic carbocycles. The summed E-state index contributed by atoms with van der Waals surface area (Å²) in [7, 11) is 0. The molecule has 3 heterocycles. The van der Waals surface area contributed by atoms with Gasteiger partial charge in [-0.15, -0.1) is 10.2 Å². The molecular weight excluding hydrogens is 378 g/mol. The number of fused-ring (bicyclic) bond motifs is 1. The van der Waals surface area contributed by atoms with Crippen LogP contribution in [0, 0.1) is 0 Å². The highest BCUT2D eigenvalue weighted by Crippen LogP contribution is 2.17. The summed E-state index contributed by atoms with van der Waals surface area (Å²) in [6, 6.07) is 9.21. The van der Waals surface area contributed by atoms with Crippen LogP contribution in [0.3, 0.4) is 0 Å². The van der Waals surface area contributed by atoms with Gasteiger partial charge in [-0.3, -0.25) is 24.1 Å². The van der Waals surface area contributed by atoms with Crippen molar-refractivity contribution >= 4 is 40.8 Å². The van der Waals surface area contributed by atoms with Crippen LogP contribution in [0.1, 0.15) is 10.4 Å². The van der Waals surface area contributed by atoms with Crippen molar-refractivity contribution in [1.29, 1.82) is 0 Å². The van der Waals surface area contributed by atoms with Crippen molar-refractivity contribution in [1.82, 2.24) is 24.8 Å². The molecule has 0 aliphatic carbocycles. The molecule has 0 unspecified atom stereocenters. The number of carbonyl (C=O) groups is 4. The molecule has 1 fully saturated rings. The SMILES string of the molecule is O=C1CN(CC(=O)Nc2cccc(NC(=O)c3ccn4cnnc4c3)c2)C(=O)N1. The van der Waals surface area contributed by atoms with Gasteiger partial charge < -0.3 is 15.5 Å². The first-order valence-electron chi connectivity index (χ1n) is 8.57. The Morgan fingerprint density at radius 3 is 2.66 bits per heavy atom. The number of amides is 5. The molecule has 29 heavy (non-hydrogen) atoms. The van der Waals surface area contributed by atoms with Crippen molar-refractivity contribution in [2.45, 2.75) is 0 Å². The summed E-state index contributed by atoms with van der Waals surface area (Å²) >= 11 is 0. The van der Waals surface area contributed by atoms with Crippen LogP contribution in [-0.4, -0.2) is 56.3 Å². The van der Waals surface area contributed by atoms with Crippen molar-refractivity contribution in [2.75, 3.05) is 23.7 Å². The lowest BCUT2D eigenvalue weighted by atomic mass is 10.2. The van der Waals surface area contributed by atoms with Crippen molar-refractivity contribution in [2.24, 2.45) is 0 Å². The van der Waals surface area contributed by atoms with E-state index in [1.807, 2.05) is 0 Å². The highest BCUT2D eigenvalue weighted by Gasteiger charge is 2.28. The van der Waals surface area contributed by atoms with Crippen molar-refractivity contribution in [3.63, 3.8) is 0 Å². The zero-order chi connectivity index (χ0) is 20.4. The second kappa shape index (κ2) is 7.38. The Balaban J connectivity index is 1.40. The van der Waals surface area contributed by atoms with Gasteiger partial charge in [0, 0.05) is 23.1 Å². The van der Waals surface area contributed by atoms with E-state index in [0.29, 0.717) is 22.6 Å². The number of benzene rings is 1. The topological polar surface area (TPSA) is 138 Å². The molecule has 0 bridgehead atoms. The number of aromatic nitrogens is 3. The van der Waals surface area contributed by atoms with E-state index in [1.165, 1.54) is 6.33 Å². The molecule has 3 aromatic rings. The first-order valence-corrected chi connectivity index (χ1v) is 8.57. The van der Waals surface area contributed by atoms with Crippen molar-refractivity contribution in [3.05, 3.63) is 54.5 Å². The van der Waals surface area contributed by atoms with Gasteiger partial charge in [-0.25, -0.2) is 4.79 Å². The maximum Gasteiger partial charge on any atom is 0.325 e. The molecular formula is C18H15N7O4. The summed E-state index contributed by atoms with van der Waals surface area (Å²) in [4.78, 5) is 48.4. The van der Waals surface area contributed by atoms with Crippen LogP contribution >= 0.6 is 0 Å². The van der Waals surface area contributed by atoms with Gasteiger partial charge in [0.1, 0.15) is 19.4 Å². The van der Waals surface area contributed by atoms with Gasteiger partial charge in [0.15, 0.2) is 5.65 Å². The molecule has 1 aliphatic rings. The van der Waals surface area contributed by atoms with E-state index in [1.54, 1.807) is 47.0 Å². The van der Waals surface area contributed by atoms with Gasteiger partial charge in [-0.05, 0) is 30.3 Å². The molecule has 4 rings (SSSR count). The third-order valence-electron chi connectivity index (χ3n) is 4.17. The van der Waals surface area contributed by atoms with Crippen LogP contribution in [0.25, 0.3) is 5.65 Å². The monoisotopic (exact) mass is 393 g/mol. The number of urea groups is 1. The first-order chi connectivity index (χ1) is 14.0. The maximum absolute atomic E-state index is 12.5. The van der Waals surface area contributed by atoms with E-state index in [4.69, 9.17) is 0 Å². The van der Waals surface area contributed by atoms with Gasteiger partial charge >= 0.3 is 6.03 Å². The molecule has 0 atom stereocenters. The number of hydrogen-bond donors (Lipinski definition) is 3. The fourth-order valence-corrected chi connectivity index (χ4v) is 2.82. The molecule has 5 amide bonds. The van der Waals surface area contributed by atoms with Gasteiger partial charge in [0.25, 0.3) is 5.91 Å². The molecule has 0 saturated carbocycles. The summed E-state index contributed by atoms with van der Waals surface area (Å²) in [5, 5.41) is 15.1. The molecule has 146 valence electrons. The lowest BCUT2D eigenvalue weighted by Crippen LogP contribution is -2.35. The number of imide groups is 1. The second-order valence-corrected chi connectivity index (χ2v) is 6.30. The van der Waals surface area contributed by atoms with Crippen LogP contribution in [0.2, 0.25) is 0 Å². The molecule has 3 N–H and O–H groups in total. The second-order valence-electron chi connectivity index (χ2n) is 6.30. The predicted octanol–water partition coefficient (Wildman–Crippen LogP) is 0.472. The number of nitrogens with zero attached hydrogens (tertiary/aromatic N) is 4. The number of anilines is 2. The Morgan fingerprint density at radius 1 is 1.10 bits per heavy atom. The van der Waals surface area contributed by atoms with E-state index >= 15 is 0 Å². The summed E-state index contributed by atoms with van der Waals surface area (Å²) in [6.45, 7) is -0.411. The fourth-order valence-electron chi connectivity index (χ4n) is 2.82. The third kappa shape index (κ3) is 4.03. The Kier molecular flexibility index (Phi) is 4.61. The average molecular weight is 393 g/mol. The fraction of sp³-hybridized carbons (Fsp3) is 0.111. The van der Waals surface area contributed by atoms with Gasteiger partial charge in [0.05, 0.1) is 0 Å². The average Bonchev–Trinajstić information content (AvgIpc) is 3.27. The number of hydrogen-bond acceptors (Lipinski definition) is 6. The molecule has 11 heteroatoms. The summed E-state index contributed by atoms with van der Waals surface area (Å²) in [5.74, 6) is -1.25. The Morgan fingerprint density at radius 2 is 1.90 bits per heavy atom. The highest BCUT2D eigenvalue weighted by molar-refractivity contribution is 6.06. The van der Waals surface area contributed by atoms with Gasteiger partial charge in [-0.1, -0.05) is 6.07 Å². The van der Waals surface area contributed by atoms with Gasteiger partial charge in [0.2, 0.25) is 11.8 Å². The zero-order valence-corrected chi connectivity index (χ0v) is 15.0. The molecule has 0 radical (unpaired) electrons. The van der Waals surface area contributed by atoms with Crippen LogP contribution in [0.4, 0.5) is 16.2 Å². The van der Waals surface area contributed by atoms with E-state index < -0.39 is 17.8 Å². The van der Waals surface area contributed by atoms with Crippen molar-refractivity contribution in [3.8, 4) is 0 Å². The number of rotatable bonds is 5. The van der Waals surface area contributed by atoms with E-state index in [9.17, 15) is 19.2 Å². The molecule has 2 aromatic heterocycles. The summed E-state index contributed by atoms with van der Waals surface area (Å²) < 4.78 is 1.68. The summed E-state index contributed by atoms with van der Waals surface area (Å²) in [6.07, 6.45) is 3.21. The quantitative estimate of drug-likeness (QED) is 0.539. The van der Waals surface area contributed by atoms with Crippen molar-refractivity contribution < 1.29 is 19.2 Å². The molecule has 11 nitrogen and oxygen atoms in total. The Bertz CT molecular complexity index is 1140. The molecule has 0 spiro atoms. The van der Waals surface area contributed by atoms with Crippen LogP contribution in [0.15, 0.2) is 48.9 Å². The lowest BCUT2D eigenvalue weighted by Gasteiger charge is -2.13. The molecule has 1 aliphatic heterocycles. The largest absolute Gasteiger partial charge is 0.325 e. The minimum Gasteiger partial charge on any atom is -0.324 e. The number of carbonyl (C=O) groups excluding carboxylic acids is 4. The number of nitrogens with one attached hydrogen (secondary N) is 3. The standard InChI is InChI=1S/C18H15N7O4/c26-15(8-25-9-16(27)22-18(25)29)20-12-2-1-3-13(7-12)21-17(28)11-4-5-24-10-19-23-14(24)6-11/h1-7,10H,8-9H2,(H,20,26)(H,21,28)(H,22,27,29). The minimum atomic E-state index is -0.601. The molecule has 1 saturated heterocycles. The van der Waals surface area contributed by atoms with Gasteiger partial charge in [-0.2, -0.15) is 0 Å². The highest BCUT2D eigenvalue weighted by atomic mass is 16.2. The van der Waals surface area contributed by atoms with E-state index in [2.05, 4.69) is 26.1 Å². The maximum atomic E-state index is 12.5.